The van der Waals surface area contributed by atoms with E-state index in [1.54, 1.807) is 13.0 Å². The first-order chi connectivity index (χ1) is 8.73. The Balaban J connectivity index is 3.23. The highest BCUT2D eigenvalue weighted by Gasteiger charge is 2.64. The molecule has 1 N–H and O–H groups in total. The maximum atomic E-state index is 14.4. The molecule has 0 aromatic rings. The lowest BCUT2D eigenvalue weighted by atomic mass is 10.2. The minimum Gasteiger partial charge on any atom is -0.297 e. The van der Waals surface area contributed by atoms with E-state index >= 15 is 0 Å². The van der Waals surface area contributed by atoms with Crippen molar-refractivity contribution in [2.45, 2.75) is 25.4 Å². The van der Waals surface area contributed by atoms with Crippen molar-refractivity contribution in [3.05, 3.63) is 36.5 Å². The van der Waals surface area contributed by atoms with Gasteiger partial charge in [0, 0.05) is 18.4 Å². The van der Waals surface area contributed by atoms with Gasteiger partial charge in [-0.05, 0) is 6.92 Å². The number of rotatable bonds is 5. The van der Waals surface area contributed by atoms with Crippen LogP contribution in [0.25, 0.3) is 0 Å². The standard InChI is InChI=1S/C13H20F2NO2P/c1-4-6-9-12(5-2)13(14,15)19(17,18)16(3)10-7-8-11-16/h4-6,9H,2,7-8,10-11H2,1,3H3/p+1/b6-4-,12-9+. The minimum absolute atomic E-state index is 0.303. The van der Waals surface area contributed by atoms with E-state index in [4.69, 9.17) is 0 Å². The topological polar surface area (TPSA) is 37.3 Å². The zero-order valence-electron chi connectivity index (χ0n) is 11.4. The Morgan fingerprint density at radius 1 is 1.42 bits per heavy atom. The first-order valence-electron chi connectivity index (χ1n) is 6.24. The van der Waals surface area contributed by atoms with Gasteiger partial charge in [0.15, 0.2) is 0 Å². The summed E-state index contributed by atoms with van der Waals surface area (Å²) in [5.41, 5.74) is -4.30. The van der Waals surface area contributed by atoms with E-state index in [9.17, 15) is 18.2 Å². The number of hydrogen-bond donors (Lipinski definition) is 1. The Hall–Kier alpha value is -0.770. The molecular formula is C13H21F2NO2P+. The van der Waals surface area contributed by atoms with Gasteiger partial charge in [0.05, 0.1) is 20.1 Å². The molecule has 1 unspecified atom stereocenters. The molecule has 108 valence electrons. The molecule has 0 bridgehead atoms. The van der Waals surface area contributed by atoms with E-state index < -0.39 is 23.0 Å². The fourth-order valence-electron chi connectivity index (χ4n) is 2.25. The Bertz CT molecular complexity index is 452. The predicted molar refractivity (Wildman–Crippen MR) is 73.0 cm³/mol. The number of likely N-dealkylation sites (tertiary alicyclic amines) is 1. The lowest BCUT2D eigenvalue weighted by Crippen LogP contribution is -2.43. The molecule has 0 radical (unpaired) electrons. The van der Waals surface area contributed by atoms with E-state index in [0.29, 0.717) is 25.9 Å². The summed E-state index contributed by atoms with van der Waals surface area (Å²) in [5, 5.41) is 0. The quantitative estimate of drug-likeness (QED) is 0.620. The van der Waals surface area contributed by atoms with Crippen molar-refractivity contribution in [2.75, 3.05) is 20.1 Å². The van der Waals surface area contributed by atoms with Crippen LogP contribution in [0.3, 0.4) is 0 Å². The number of hydrogen-bond acceptors (Lipinski definition) is 1. The van der Waals surface area contributed by atoms with Gasteiger partial charge in [-0.3, -0.25) is 9.15 Å². The maximum Gasteiger partial charge on any atom is 0.452 e. The third-order valence-corrected chi connectivity index (χ3v) is 6.28. The zero-order chi connectivity index (χ0) is 14.7. The van der Waals surface area contributed by atoms with Gasteiger partial charge in [0.1, 0.15) is 0 Å². The SMILES string of the molecule is C=C/C(=C\C=C/C)C(F)(F)P(=O)(O)[N+]1(C)CCCC1. The van der Waals surface area contributed by atoms with Gasteiger partial charge in [-0.2, -0.15) is 8.78 Å². The number of halogens is 2. The van der Waals surface area contributed by atoms with Crippen molar-refractivity contribution in [3.63, 3.8) is 0 Å². The highest BCUT2D eigenvalue weighted by atomic mass is 31.2. The van der Waals surface area contributed by atoms with Crippen LogP contribution in [0.15, 0.2) is 36.5 Å². The molecule has 6 heteroatoms. The monoisotopic (exact) mass is 292 g/mol. The van der Waals surface area contributed by atoms with E-state index in [-0.39, 0.29) is 0 Å². The summed E-state index contributed by atoms with van der Waals surface area (Å²) >= 11 is 0. The van der Waals surface area contributed by atoms with E-state index in [0.717, 1.165) is 12.2 Å². The van der Waals surface area contributed by atoms with E-state index in [1.165, 1.54) is 13.1 Å². The average Bonchev–Trinajstić information content (AvgIpc) is 2.78. The summed E-state index contributed by atoms with van der Waals surface area (Å²) in [5.74, 6) is 0. The largest absolute Gasteiger partial charge is 0.452 e. The van der Waals surface area contributed by atoms with Crippen LogP contribution in [-0.4, -0.2) is 34.9 Å². The highest BCUT2D eigenvalue weighted by molar-refractivity contribution is 7.53. The Morgan fingerprint density at radius 2 is 1.95 bits per heavy atom. The second-order valence-corrected chi connectivity index (χ2v) is 7.55. The van der Waals surface area contributed by atoms with Crippen LogP contribution in [0.2, 0.25) is 0 Å². The first-order valence-corrected chi connectivity index (χ1v) is 7.86. The molecule has 0 aromatic carbocycles. The first kappa shape index (κ1) is 16.3. The van der Waals surface area contributed by atoms with Crippen LogP contribution in [0.1, 0.15) is 19.8 Å². The number of quaternary nitrogens is 1. The van der Waals surface area contributed by atoms with Crippen molar-refractivity contribution >= 4 is 7.52 Å². The summed E-state index contributed by atoms with van der Waals surface area (Å²) in [6.45, 7) is 5.61. The number of alkyl halides is 2. The Labute approximate surface area is 113 Å². The molecule has 1 aliphatic heterocycles. The van der Waals surface area contributed by atoms with Gasteiger partial charge in [-0.25, -0.2) is 4.57 Å². The van der Waals surface area contributed by atoms with Crippen LogP contribution in [0.4, 0.5) is 8.78 Å². The van der Waals surface area contributed by atoms with Gasteiger partial charge in [-0.1, -0.05) is 30.9 Å². The Morgan fingerprint density at radius 3 is 2.37 bits per heavy atom. The molecule has 1 saturated heterocycles. The second-order valence-electron chi connectivity index (χ2n) is 4.93. The van der Waals surface area contributed by atoms with Gasteiger partial charge in [-0.15, -0.1) is 0 Å². The third kappa shape index (κ3) is 2.73. The Kier molecular flexibility index (Phi) is 4.88. The second kappa shape index (κ2) is 5.70. The van der Waals surface area contributed by atoms with Crippen LogP contribution in [0.5, 0.6) is 0 Å². The zero-order valence-corrected chi connectivity index (χ0v) is 12.2. The normalized spacial score (nSPS) is 23.5. The van der Waals surface area contributed by atoms with E-state index in [2.05, 4.69) is 6.58 Å². The van der Waals surface area contributed by atoms with Crippen LogP contribution < -0.4 is 0 Å². The lowest BCUT2D eigenvalue weighted by Gasteiger charge is -2.37. The molecule has 1 heterocycles. The van der Waals surface area contributed by atoms with Crippen molar-refractivity contribution < 1.29 is 22.5 Å². The third-order valence-electron chi connectivity index (χ3n) is 3.59. The number of nitrogens with zero attached hydrogens (tertiary/aromatic N) is 1. The molecule has 1 rings (SSSR count). The molecule has 19 heavy (non-hydrogen) atoms. The molecule has 1 atom stereocenters. The smallest absolute Gasteiger partial charge is 0.297 e. The molecule has 0 saturated carbocycles. The van der Waals surface area contributed by atoms with Gasteiger partial charge < -0.3 is 0 Å². The highest BCUT2D eigenvalue weighted by Crippen LogP contribution is 2.67. The molecular weight excluding hydrogens is 271 g/mol. The van der Waals surface area contributed by atoms with Crippen molar-refractivity contribution in [1.29, 1.82) is 0 Å². The summed E-state index contributed by atoms with van der Waals surface area (Å²) < 4.78 is 40.7. The summed E-state index contributed by atoms with van der Waals surface area (Å²) in [7, 11) is -3.31. The molecule has 1 fully saturated rings. The molecule has 1 aliphatic rings. The van der Waals surface area contributed by atoms with Gasteiger partial charge in [0.25, 0.3) is 0 Å². The average molecular weight is 292 g/mol. The van der Waals surface area contributed by atoms with Crippen molar-refractivity contribution in [3.8, 4) is 0 Å². The predicted octanol–water partition coefficient (Wildman–Crippen LogP) is 3.69. The number of allylic oxidation sites excluding steroid dienone is 5. The van der Waals surface area contributed by atoms with Crippen LogP contribution in [-0.2, 0) is 4.57 Å². The summed E-state index contributed by atoms with van der Waals surface area (Å²) in [6.07, 6.45) is 6.46. The summed E-state index contributed by atoms with van der Waals surface area (Å²) in [4.78, 5) is 10.1. The lowest BCUT2D eigenvalue weighted by molar-refractivity contribution is -0.785. The molecule has 3 nitrogen and oxygen atoms in total. The van der Waals surface area contributed by atoms with E-state index in [1.807, 2.05) is 0 Å². The van der Waals surface area contributed by atoms with Crippen LogP contribution in [0, 0.1) is 0 Å². The fraction of sp³-hybridized carbons (Fsp3) is 0.538. The minimum atomic E-state index is -4.74. The molecule has 0 spiro atoms. The van der Waals surface area contributed by atoms with Crippen LogP contribution >= 0.6 is 7.52 Å². The molecule has 0 amide bonds. The van der Waals surface area contributed by atoms with Crippen molar-refractivity contribution in [2.24, 2.45) is 0 Å². The van der Waals surface area contributed by atoms with Gasteiger partial charge in [0.2, 0.25) is 0 Å². The fourth-order valence-corrected chi connectivity index (χ4v) is 4.18. The molecule has 0 aromatic heterocycles. The molecule has 0 aliphatic carbocycles. The van der Waals surface area contributed by atoms with Gasteiger partial charge >= 0.3 is 13.2 Å². The maximum absolute atomic E-state index is 14.4. The van der Waals surface area contributed by atoms with Crippen molar-refractivity contribution in [1.82, 2.24) is 0 Å². The summed E-state index contributed by atoms with van der Waals surface area (Å²) in [6, 6.07) is 0.